The molecule has 9 aromatic carbocycles. The molecule has 300 valence electrons. The Labute approximate surface area is 365 Å². The van der Waals surface area contributed by atoms with Crippen molar-refractivity contribution in [2.24, 2.45) is 0 Å². The molecule has 0 fully saturated rings. The van der Waals surface area contributed by atoms with Gasteiger partial charge >= 0.3 is 0 Å². The predicted octanol–water partition coefficient (Wildman–Crippen LogP) is 15.1. The van der Waals surface area contributed by atoms with Crippen LogP contribution < -0.4 is 4.90 Å². The van der Waals surface area contributed by atoms with Crippen molar-refractivity contribution in [1.29, 1.82) is 0 Å². The summed E-state index contributed by atoms with van der Waals surface area (Å²) < 4.78 is 4.56. The number of para-hydroxylation sites is 2. The van der Waals surface area contributed by atoms with Crippen molar-refractivity contribution < 1.29 is 9.59 Å². The number of aromatic nitrogens is 2. The summed E-state index contributed by atoms with van der Waals surface area (Å²) in [6.45, 7) is 3.20. The van der Waals surface area contributed by atoms with Gasteiger partial charge in [0.25, 0.3) is 0 Å². The Bertz CT molecular complexity index is 3350. The number of Topliss-reactive ketones (excluding diaryl/α,β-unsaturated/α-hetero) is 2. The molecule has 5 nitrogen and oxygen atoms in total. The molecule has 63 heavy (non-hydrogen) atoms. The highest BCUT2D eigenvalue weighted by atomic mass is 16.1. The van der Waals surface area contributed by atoms with E-state index in [1.165, 1.54) is 11.1 Å². The van der Waals surface area contributed by atoms with Gasteiger partial charge in [-0.05, 0) is 145 Å². The van der Waals surface area contributed by atoms with E-state index in [9.17, 15) is 9.59 Å². The lowest BCUT2D eigenvalue weighted by Gasteiger charge is -2.26. The van der Waals surface area contributed by atoms with Crippen molar-refractivity contribution >= 4 is 72.2 Å². The fourth-order valence-electron chi connectivity index (χ4n) is 9.18. The van der Waals surface area contributed by atoms with E-state index in [0.29, 0.717) is 11.1 Å². The van der Waals surface area contributed by atoms with E-state index >= 15 is 0 Å². The number of carbonyl (C=O) groups is 2. The van der Waals surface area contributed by atoms with Crippen LogP contribution in [0.3, 0.4) is 0 Å². The number of hydrogen-bond donors (Lipinski definition) is 0. The van der Waals surface area contributed by atoms with E-state index in [0.717, 1.165) is 83.2 Å². The summed E-state index contributed by atoms with van der Waals surface area (Å²) in [5, 5.41) is 4.55. The number of fused-ring (bicyclic) bond motifs is 6. The second kappa shape index (κ2) is 15.3. The molecule has 2 aromatic heterocycles. The van der Waals surface area contributed by atoms with Gasteiger partial charge in [0.15, 0.2) is 11.6 Å². The summed E-state index contributed by atoms with van der Waals surface area (Å²) in [7, 11) is 0. The molecule has 0 N–H and O–H groups in total. The van der Waals surface area contributed by atoms with E-state index in [-0.39, 0.29) is 11.6 Å². The molecular weight excluding hydrogens is 771 g/mol. The largest absolute Gasteiger partial charge is 0.310 e. The second-order valence-electron chi connectivity index (χ2n) is 16.1. The lowest BCUT2D eigenvalue weighted by molar-refractivity contribution is 0.100. The van der Waals surface area contributed by atoms with Gasteiger partial charge in [-0.3, -0.25) is 9.59 Å². The Balaban J connectivity index is 1.07. The first-order valence-corrected chi connectivity index (χ1v) is 21.2. The molecule has 11 rings (SSSR count). The molecule has 0 saturated heterocycles. The molecule has 0 saturated carbocycles. The highest BCUT2D eigenvalue weighted by molar-refractivity contribution is 6.12. The molecule has 11 aromatic rings. The molecular formula is C58H41N3O2. The molecule has 5 heteroatoms. The Morgan fingerprint density at radius 2 is 0.683 bits per heavy atom. The molecule has 0 bridgehead atoms. The van der Waals surface area contributed by atoms with Crippen LogP contribution in [0.15, 0.2) is 212 Å². The Kier molecular flexibility index (Phi) is 9.17. The first-order chi connectivity index (χ1) is 30.9. The monoisotopic (exact) mass is 811 g/mol. The minimum atomic E-state index is 0.0496. The number of anilines is 3. The van der Waals surface area contributed by atoms with Crippen LogP contribution in [-0.2, 0) is 0 Å². The first-order valence-electron chi connectivity index (χ1n) is 21.2. The minimum absolute atomic E-state index is 0.0496. The van der Waals surface area contributed by atoms with Gasteiger partial charge in [-0.2, -0.15) is 0 Å². The van der Waals surface area contributed by atoms with Gasteiger partial charge in [-0.25, -0.2) is 0 Å². The number of nitrogens with zero attached hydrogens (tertiary/aromatic N) is 3. The smallest absolute Gasteiger partial charge is 0.159 e. The van der Waals surface area contributed by atoms with Gasteiger partial charge in [0.05, 0.1) is 22.1 Å². The number of benzene rings is 9. The van der Waals surface area contributed by atoms with Crippen LogP contribution in [-0.4, -0.2) is 20.7 Å². The van der Waals surface area contributed by atoms with E-state index in [1.54, 1.807) is 13.8 Å². The summed E-state index contributed by atoms with van der Waals surface area (Å²) in [4.78, 5) is 26.7. The van der Waals surface area contributed by atoms with Gasteiger partial charge < -0.3 is 14.0 Å². The van der Waals surface area contributed by atoms with Crippen molar-refractivity contribution in [2.75, 3.05) is 4.90 Å². The summed E-state index contributed by atoms with van der Waals surface area (Å²) in [5.41, 5.74) is 15.5. The van der Waals surface area contributed by atoms with Crippen LogP contribution in [0.2, 0.25) is 0 Å². The van der Waals surface area contributed by atoms with Crippen molar-refractivity contribution in [2.45, 2.75) is 13.8 Å². The highest BCUT2D eigenvalue weighted by Crippen LogP contribution is 2.43. The lowest BCUT2D eigenvalue weighted by Crippen LogP contribution is -2.10. The number of carbonyl (C=O) groups excluding carboxylic acids is 2. The molecule has 0 spiro atoms. The zero-order valence-corrected chi connectivity index (χ0v) is 34.9. The summed E-state index contributed by atoms with van der Waals surface area (Å²) >= 11 is 0. The number of hydrogen-bond acceptors (Lipinski definition) is 3. The maximum absolute atomic E-state index is 12.2. The lowest BCUT2D eigenvalue weighted by atomic mass is 10.00. The van der Waals surface area contributed by atoms with E-state index in [2.05, 4.69) is 172 Å². The first kappa shape index (κ1) is 37.7. The maximum atomic E-state index is 12.2. The van der Waals surface area contributed by atoms with Crippen molar-refractivity contribution in [1.82, 2.24) is 9.13 Å². The minimum Gasteiger partial charge on any atom is -0.310 e. The summed E-state index contributed by atoms with van der Waals surface area (Å²) in [5.74, 6) is 0.0992. The Hall–Kier alpha value is -8.28. The maximum Gasteiger partial charge on any atom is 0.159 e. The molecule has 0 radical (unpaired) electrons. The fraction of sp³-hybridized carbons (Fsp3) is 0.0345. The van der Waals surface area contributed by atoms with Crippen molar-refractivity contribution in [3.05, 3.63) is 223 Å². The predicted molar refractivity (Wildman–Crippen MR) is 261 cm³/mol. The van der Waals surface area contributed by atoms with Crippen LogP contribution in [0.1, 0.15) is 34.6 Å². The third-order valence-corrected chi connectivity index (χ3v) is 12.3. The van der Waals surface area contributed by atoms with E-state index in [4.69, 9.17) is 0 Å². The van der Waals surface area contributed by atoms with Gasteiger partial charge in [0.2, 0.25) is 0 Å². The summed E-state index contributed by atoms with van der Waals surface area (Å²) in [6.07, 6.45) is 0. The molecule has 0 aliphatic carbocycles. The van der Waals surface area contributed by atoms with Crippen LogP contribution in [0.4, 0.5) is 17.1 Å². The van der Waals surface area contributed by atoms with Crippen molar-refractivity contribution in [3.8, 4) is 33.6 Å². The fourth-order valence-corrected chi connectivity index (χ4v) is 9.18. The third kappa shape index (κ3) is 6.59. The molecule has 0 atom stereocenters. The normalized spacial score (nSPS) is 11.5. The molecule has 2 heterocycles. The average molecular weight is 812 g/mol. The van der Waals surface area contributed by atoms with Crippen LogP contribution in [0, 0.1) is 0 Å². The van der Waals surface area contributed by atoms with E-state index < -0.39 is 0 Å². The molecule has 0 amide bonds. The second-order valence-corrected chi connectivity index (χ2v) is 16.1. The van der Waals surface area contributed by atoms with Crippen LogP contribution in [0.25, 0.3) is 77.2 Å². The quantitative estimate of drug-likeness (QED) is 0.136. The van der Waals surface area contributed by atoms with Crippen molar-refractivity contribution in [3.63, 3.8) is 0 Å². The van der Waals surface area contributed by atoms with Gasteiger partial charge in [0, 0.05) is 61.1 Å². The zero-order valence-electron chi connectivity index (χ0n) is 34.9. The molecule has 0 aliphatic heterocycles. The SMILES string of the molecule is CC(=O)c1ccc(-n2c3ccccc3c3cc(N(c4ccc(-c5ccc(-c6ccccc6)cc5)cc4)c4ccc5c(c4)c4ccccc4n5-c4ccc(C(C)=O)cc4)ccc32)cc1. The third-order valence-electron chi connectivity index (χ3n) is 12.3. The number of rotatable bonds is 9. The highest BCUT2D eigenvalue weighted by Gasteiger charge is 2.20. The molecule has 0 unspecified atom stereocenters. The van der Waals surface area contributed by atoms with E-state index in [1.807, 2.05) is 54.6 Å². The standard InChI is InChI=1S/C58H41N3O2/c1-38(62)40-20-26-47(27-21-40)60-55-14-8-6-12-51(55)53-36-49(32-34-57(53)60)59(46-30-24-45(25-31-46)44-18-16-43(17-19-44)42-10-4-3-5-11-42)50-33-35-58-54(37-50)52-13-7-9-15-56(52)61(58)48-28-22-41(23-29-48)39(2)63/h3-37H,1-2H3. The topological polar surface area (TPSA) is 47.2 Å². The Morgan fingerprint density at radius 3 is 1.11 bits per heavy atom. The number of ketones is 2. The van der Waals surface area contributed by atoms with Crippen LogP contribution in [0.5, 0.6) is 0 Å². The Morgan fingerprint density at radius 1 is 0.333 bits per heavy atom. The van der Waals surface area contributed by atoms with Gasteiger partial charge in [-0.1, -0.05) is 103 Å². The molecule has 0 aliphatic rings. The van der Waals surface area contributed by atoms with Gasteiger partial charge in [-0.15, -0.1) is 0 Å². The van der Waals surface area contributed by atoms with Gasteiger partial charge in [0.1, 0.15) is 0 Å². The average Bonchev–Trinajstić information content (AvgIpc) is 3.84. The van der Waals surface area contributed by atoms with Crippen LogP contribution >= 0.6 is 0 Å². The zero-order chi connectivity index (χ0) is 42.6. The summed E-state index contributed by atoms with van der Waals surface area (Å²) in [6, 6.07) is 74.4.